The van der Waals surface area contributed by atoms with Gasteiger partial charge in [0.2, 0.25) is 0 Å². The van der Waals surface area contributed by atoms with E-state index in [4.69, 9.17) is 9.47 Å². The van der Waals surface area contributed by atoms with Crippen LogP contribution in [0.3, 0.4) is 0 Å². The Balaban J connectivity index is 3.52. The van der Waals surface area contributed by atoms with Crippen LogP contribution in [0.25, 0.3) is 0 Å². The molecule has 0 aliphatic rings. The summed E-state index contributed by atoms with van der Waals surface area (Å²) in [5, 5.41) is 9.58. The number of aliphatic hydroxyl groups excluding tert-OH is 1. The normalized spacial score (nSPS) is 13.2. The lowest BCUT2D eigenvalue weighted by atomic mass is 10.1. The van der Waals surface area contributed by atoms with Crippen LogP contribution in [0.15, 0.2) is 72.9 Å². The minimum absolute atomic E-state index is 0.186. The van der Waals surface area contributed by atoms with E-state index < -0.39 is 6.10 Å². The average Bonchev–Trinajstić information content (AvgIpc) is 3.08. The highest BCUT2D eigenvalue weighted by Crippen LogP contribution is 2.11. The van der Waals surface area contributed by atoms with Crippen molar-refractivity contribution in [2.75, 3.05) is 19.8 Å². The first-order valence-corrected chi connectivity index (χ1v) is 19.5. The minimum Gasteiger partial charge on any atom is -0.457 e. The molecule has 4 heteroatoms. The van der Waals surface area contributed by atoms with Gasteiger partial charge in [0, 0.05) is 13.0 Å². The van der Waals surface area contributed by atoms with E-state index in [0.29, 0.717) is 13.0 Å². The molecule has 0 bridgehead atoms. The first-order chi connectivity index (χ1) is 23.2. The third kappa shape index (κ3) is 38.2. The lowest BCUT2D eigenvalue weighted by Crippen LogP contribution is -2.27. The summed E-state index contributed by atoms with van der Waals surface area (Å²) in [4.78, 5) is 12.2. The molecule has 0 radical (unpaired) electrons. The Labute approximate surface area is 291 Å². The van der Waals surface area contributed by atoms with Crippen molar-refractivity contribution in [1.29, 1.82) is 0 Å². The van der Waals surface area contributed by atoms with Gasteiger partial charge in [-0.2, -0.15) is 0 Å². The molecule has 0 saturated carbocycles. The summed E-state index contributed by atoms with van der Waals surface area (Å²) < 4.78 is 11.1. The van der Waals surface area contributed by atoms with Gasteiger partial charge in [-0.25, -0.2) is 0 Å². The predicted octanol–water partition coefficient (Wildman–Crippen LogP) is 12.6. The van der Waals surface area contributed by atoms with E-state index in [1.165, 1.54) is 77.0 Å². The molecule has 0 aromatic carbocycles. The standard InChI is InChI=1S/C43H74O4/c1-3-5-7-9-11-13-15-17-19-21-22-23-24-26-28-30-32-34-36-38-43(45)47-42(40-44)41-46-39-37-35-33-31-29-27-25-20-18-16-14-12-10-8-6-4-2/h5,7,11-14,17-20,22-23,42,44H,3-4,6,8-10,15-16,21,24-41H2,1-2H3/b7-5-,13-11-,14-12-,19-17-,20-18-,23-22-. The number of allylic oxidation sites excluding steroid dienone is 12. The molecule has 0 spiro atoms. The Kier molecular flexibility index (Phi) is 38.2. The zero-order valence-corrected chi connectivity index (χ0v) is 30.8. The molecule has 0 aliphatic heterocycles. The van der Waals surface area contributed by atoms with Crippen LogP contribution in [0.4, 0.5) is 0 Å². The van der Waals surface area contributed by atoms with E-state index in [2.05, 4.69) is 86.8 Å². The van der Waals surface area contributed by atoms with E-state index in [1.807, 2.05) is 0 Å². The second-order valence-electron chi connectivity index (χ2n) is 12.6. The molecule has 0 rings (SSSR count). The second kappa shape index (κ2) is 40.0. The molecule has 47 heavy (non-hydrogen) atoms. The number of carbonyl (C=O) groups is 1. The quantitative estimate of drug-likeness (QED) is 0.0420. The van der Waals surface area contributed by atoms with Gasteiger partial charge in [0.05, 0.1) is 13.2 Å². The summed E-state index contributed by atoms with van der Waals surface area (Å²) >= 11 is 0. The highest BCUT2D eigenvalue weighted by atomic mass is 16.6. The topological polar surface area (TPSA) is 55.8 Å². The molecule has 0 heterocycles. The van der Waals surface area contributed by atoms with Gasteiger partial charge in [-0.15, -0.1) is 0 Å². The maximum atomic E-state index is 12.2. The smallest absolute Gasteiger partial charge is 0.306 e. The van der Waals surface area contributed by atoms with Crippen LogP contribution >= 0.6 is 0 Å². The lowest BCUT2D eigenvalue weighted by molar-refractivity contribution is -0.154. The SMILES string of the molecule is CC/C=C\C/C=C\C/C=C\C/C=C\CCCCCCCCC(=O)OC(CO)COCCCCCCCC/C=C\C/C=C\CCCCC. The van der Waals surface area contributed by atoms with Crippen molar-refractivity contribution in [3.8, 4) is 0 Å². The Morgan fingerprint density at radius 2 is 0.957 bits per heavy atom. The number of rotatable bonds is 35. The van der Waals surface area contributed by atoms with E-state index in [0.717, 1.165) is 70.6 Å². The summed E-state index contributed by atoms with van der Waals surface area (Å²) in [6.45, 7) is 5.16. The van der Waals surface area contributed by atoms with E-state index >= 15 is 0 Å². The molecule has 4 nitrogen and oxygen atoms in total. The number of carbonyl (C=O) groups excluding carboxylic acids is 1. The van der Waals surface area contributed by atoms with E-state index in [9.17, 15) is 9.90 Å². The maximum Gasteiger partial charge on any atom is 0.306 e. The van der Waals surface area contributed by atoms with Crippen LogP contribution in [0.5, 0.6) is 0 Å². The summed E-state index contributed by atoms with van der Waals surface area (Å²) in [5.74, 6) is -0.222. The first-order valence-electron chi connectivity index (χ1n) is 19.5. The Hall–Kier alpha value is -2.17. The fraction of sp³-hybridized carbons (Fsp3) is 0.698. The summed E-state index contributed by atoms with van der Waals surface area (Å²) in [5.41, 5.74) is 0. The molecule has 1 unspecified atom stereocenters. The highest BCUT2D eigenvalue weighted by Gasteiger charge is 2.13. The number of unbranched alkanes of at least 4 members (excludes halogenated alkanes) is 15. The van der Waals surface area contributed by atoms with Crippen LogP contribution in [0, 0.1) is 0 Å². The van der Waals surface area contributed by atoms with Gasteiger partial charge in [0.1, 0.15) is 6.10 Å². The molecule has 0 aliphatic carbocycles. The van der Waals surface area contributed by atoms with E-state index in [1.54, 1.807) is 0 Å². The number of ether oxygens (including phenoxy) is 2. The fourth-order valence-electron chi connectivity index (χ4n) is 5.11. The second-order valence-corrected chi connectivity index (χ2v) is 12.6. The lowest BCUT2D eigenvalue weighted by Gasteiger charge is -2.15. The molecule has 0 aromatic rings. The van der Waals surface area contributed by atoms with Gasteiger partial charge in [-0.1, -0.05) is 151 Å². The Morgan fingerprint density at radius 3 is 1.45 bits per heavy atom. The number of hydrogen-bond acceptors (Lipinski definition) is 4. The monoisotopic (exact) mass is 655 g/mol. The van der Waals surface area contributed by atoms with Crippen LogP contribution in [0.2, 0.25) is 0 Å². The van der Waals surface area contributed by atoms with Crippen molar-refractivity contribution in [2.24, 2.45) is 0 Å². The van der Waals surface area contributed by atoms with Crippen LogP contribution in [0.1, 0.15) is 168 Å². The zero-order chi connectivity index (χ0) is 34.1. The van der Waals surface area contributed by atoms with Gasteiger partial charge in [-0.3, -0.25) is 4.79 Å². The number of esters is 1. The summed E-state index contributed by atoms with van der Waals surface area (Å²) in [6, 6.07) is 0. The van der Waals surface area contributed by atoms with Gasteiger partial charge in [0.15, 0.2) is 0 Å². The van der Waals surface area contributed by atoms with Crippen LogP contribution < -0.4 is 0 Å². The molecule has 1 N–H and O–H groups in total. The molecule has 270 valence electrons. The molecule has 0 amide bonds. The largest absolute Gasteiger partial charge is 0.457 e. The summed E-state index contributed by atoms with van der Waals surface area (Å²) in [6.07, 6.45) is 53.7. The van der Waals surface area contributed by atoms with Gasteiger partial charge in [-0.05, 0) is 83.5 Å². The van der Waals surface area contributed by atoms with Gasteiger partial charge in [0.25, 0.3) is 0 Å². The van der Waals surface area contributed by atoms with Gasteiger partial charge >= 0.3 is 5.97 Å². The van der Waals surface area contributed by atoms with Crippen molar-refractivity contribution < 1.29 is 19.4 Å². The zero-order valence-electron chi connectivity index (χ0n) is 30.8. The molecule has 1 atom stereocenters. The highest BCUT2D eigenvalue weighted by molar-refractivity contribution is 5.69. The average molecular weight is 655 g/mol. The fourth-order valence-corrected chi connectivity index (χ4v) is 5.11. The van der Waals surface area contributed by atoms with Crippen molar-refractivity contribution in [3.63, 3.8) is 0 Å². The molecule has 0 fully saturated rings. The Morgan fingerprint density at radius 1 is 0.532 bits per heavy atom. The maximum absolute atomic E-state index is 12.2. The summed E-state index contributed by atoms with van der Waals surface area (Å²) in [7, 11) is 0. The molecule has 0 aromatic heterocycles. The van der Waals surface area contributed by atoms with Crippen molar-refractivity contribution >= 4 is 5.97 Å². The van der Waals surface area contributed by atoms with Crippen molar-refractivity contribution in [2.45, 2.75) is 174 Å². The Bertz CT molecular complexity index is 820. The van der Waals surface area contributed by atoms with Crippen molar-refractivity contribution in [3.05, 3.63) is 72.9 Å². The number of hydrogen-bond donors (Lipinski definition) is 1. The molecule has 0 saturated heterocycles. The van der Waals surface area contributed by atoms with Crippen LogP contribution in [-0.2, 0) is 14.3 Å². The first kappa shape index (κ1) is 44.8. The van der Waals surface area contributed by atoms with E-state index in [-0.39, 0.29) is 19.2 Å². The third-order valence-corrected chi connectivity index (χ3v) is 8.02. The predicted molar refractivity (Wildman–Crippen MR) is 205 cm³/mol. The molecular formula is C43H74O4. The minimum atomic E-state index is -0.550. The van der Waals surface area contributed by atoms with Crippen LogP contribution in [-0.4, -0.2) is 37.0 Å². The number of aliphatic hydroxyl groups is 1. The van der Waals surface area contributed by atoms with Gasteiger partial charge < -0.3 is 14.6 Å². The molecular weight excluding hydrogens is 580 g/mol. The third-order valence-electron chi connectivity index (χ3n) is 8.02. The van der Waals surface area contributed by atoms with Crippen molar-refractivity contribution in [1.82, 2.24) is 0 Å².